The normalized spacial score (nSPS) is 16.9. The van der Waals surface area contributed by atoms with E-state index in [9.17, 15) is 18.0 Å². The summed E-state index contributed by atoms with van der Waals surface area (Å²) in [5.41, 5.74) is 2.73. The number of carbonyl (C=O) groups excluding carboxylic acids is 1. The molecule has 192 valence electrons. The number of methoxy groups -OCH3 is 1. The van der Waals surface area contributed by atoms with Crippen LogP contribution in [0.4, 0.5) is 13.2 Å². The molecule has 5 rings (SSSR count). The number of rotatable bonds is 7. The number of imidazole rings is 1. The van der Waals surface area contributed by atoms with E-state index in [0.717, 1.165) is 37.7 Å². The molecule has 3 aromatic rings. The van der Waals surface area contributed by atoms with Gasteiger partial charge >= 0.3 is 6.18 Å². The monoisotopic (exact) mass is 505 g/mol. The van der Waals surface area contributed by atoms with Crippen molar-refractivity contribution in [3.05, 3.63) is 41.7 Å². The van der Waals surface area contributed by atoms with Crippen molar-refractivity contribution < 1.29 is 32.2 Å². The molecule has 36 heavy (non-hydrogen) atoms. The number of ether oxygens (including phenoxy) is 3. The zero-order valence-electron chi connectivity index (χ0n) is 19.8. The van der Waals surface area contributed by atoms with Gasteiger partial charge in [-0.15, -0.1) is 0 Å². The van der Waals surface area contributed by atoms with Crippen molar-refractivity contribution in [1.29, 1.82) is 0 Å². The Hall–Kier alpha value is -3.38. The minimum Gasteiger partial charge on any atom is -0.496 e. The summed E-state index contributed by atoms with van der Waals surface area (Å²) in [4.78, 5) is 20.3. The lowest BCUT2D eigenvalue weighted by atomic mass is 9.94. The summed E-state index contributed by atoms with van der Waals surface area (Å²) < 4.78 is 57.0. The summed E-state index contributed by atoms with van der Waals surface area (Å²) in [6, 6.07) is 5.22. The number of amides is 1. The van der Waals surface area contributed by atoms with Gasteiger partial charge in [-0.1, -0.05) is 0 Å². The van der Waals surface area contributed by atoms with E-state index in [1.54, 1.807) is 35.1 Å². The molecule has 12 heteroatoms. The maximum Gasteiger partial charge on any atom is 0.406 e. The van der Waals surface area contributed by atoms with Crippen molar-refractivity contribution in [1.82, 2.24) is 24.4 Å². The number of morpholine rings is 1. The highest BCUT2D eigenvalue weighted by Crippen LogP contribution is 2.35. The second-order valence-electron chi connectivity index (χ2n) is 8.71. The Kier molecular flexibility index (Phi) is 6.71. The molecule has 1 amide bonds. The third-order valence-corrected chi connectivity index (χ3v) is 6.34. The Morgan fingerprint density at radius 2 is 1.92 bits per heavy atom. The van der Waals surface area contributed by atoms with E-state index in [0.29, 0.717) is 34.8 Å². The summed E-state index contributed by atoms with van der Waals surface area (Å²) in [6.07, 6.45) is -0.909. The first-order valence-corrected chi connectivity index (χ1v) is 11.7. The van der Waals surface area contributed by atoms with E-state index in [1.807, 2.05) is 0 Å². The van der Waals surface area contributed by atoms with Gasteiger partial charge in [-0.2, -0.15) is 18.3 Å². The van der Waals surface area contributed by atoms with Gasteiger partial charge in [0.1, 0.15) is 24.7 Å². The largest absolute Gasteiger partial charge is 0.496 e. The third-order valence-electron chi connectivity index (χ3n) is 6.34. The van der Waals surface area contributed by atoms with Crippen molar-refractivity contribution >= 4 is 11.6 Å². The van der Waals surface area contributed by atoms with Gasteiger partial charge in [0.25, 0.3) is 5.91 Å². The molecule has 0 radical (unpaired) electrons. The highest BCUT2D eigenvalue weighted by atomic mass is 19.4. The van der Waals surface area contributed by atoms with Gasteiger partial charge < -0.3 is 19.1 Å². The van der Waals surface area contributed by atoms with Crippen LogP contribution in [-0.4, -0.2) is 96.1 Å². The van der Waals surface area contributed by atoms with E-state index >= 15 is 0 Å². The van der Waals surface area contributed by atoms with E-state index in [1.165, 1.54) is 7.11 Å². The zero-order valence-corrected chi connectivity index (χ0v) is 19.8. The number of nitrogens with zero attached hydrogens (tertiary/aromatic N) is 5. The summed E-state index contributed by atoms with van der Waals surface area (Å²) >= 11 is 0. The standard InChI is InChI=1S/C24H26F3N5O4/c1-34-20-11-17(10-16-2-3-31(15-24(25,26)27)23(33)22(16)20)19-14-28-21-12-18(13-29-32(19)21)36-9-6-30-4-7-35-8-5-30/h10-14H,2-9,15H2,1H3. The quantitative estimate of drug-likeness (QED) is 0.489. The molecule has 0 aliphatic carbocycles. The van der Waals surface area contributed by atoms with Gasteiger partial charge in [-0.05, 0) is 24.1 Å². The molecular formula is C24H26F3N5O4. The van der Waals surface area contributed by atoms with Crippen molar-refractivity contribution in [2.75, 3.05) is 59.7 Å². The summed E-state index contributed by atoms with van der Waals surface area (Å²) in [6.45, 7) is 3.25. The number of aromatic nitrogens is 3. The first-order chi connectivity index (χ1) is 17.3. The fourth-order valence-corrected chi connectivity index (χ4v) is 4.56. The van der Waals surface area contributed by atoms with Crippen LogP contribution in [-0.2, 0) is 11.2 Å². The Morgan fingerprint density at radius 3 is 2.67 bits per heavy atom. The molecule has 1 fully saturated rings. The lowest BCUT2D eigenvalue weighted by Gasteiger charge is -2.30. The zero-order chi connectivity index (χ0) is 25.3. The molecule has 0 bridgehead atoms. The van der Waals surface area contributed by atoms with Crippen LogP contribution in [0.2, 0.25) is 0 Å². The molecule has 4 heterocycles. The highest BCUT2D eigenvalue weighted by Gasteiger charge is 2.37. The van der Waals surface area contributed by atoms with Crippen LogP contribution in [0.5, 0.6) is 11.5 Å². The topological polar surface area (TPSA) is 81.4 Å². The number of hydrogen-bond acceptors (Lipinski definition) is 7. The molecule has 1 aromatic carbocycles. The average Bonchev–Trinajstić information content (AvgIpc) is 3.28. The summed E-state index contributed by atoms with van der Waals surface area (Å²) in [7, 11) is 1.39. The molecule has 2 aliphatic rings. The van der Waals surface area contributed by atoms with Gasteiger partial charge in [0.15, 0.2) is 5.65 Å². The number of alkyl halides is 3. The third kappa shape index (κ3) is 5.09. The van der Waals surface area contributed by atoms with Gasteiger partial charge in [-0.3, -0.25) is 9.69 Å². The van der Waals surface area contributed by atoms with Gasteiger partial charge in [-0.25, -0.2) is 9.50 Å². The predicted molar refractivity (Wildman–Crippen MR) is 123 cm³/mol. The number of carbonyl (C=O) groups is 1. The fraction of sp³-hybridized carbons (Fsp3) is 0.458. The number of fused-ring (bicyclic) bond motifs is 2. The predicted octanol–water partition coefficient (Wildman–Crippen LogP) is 2.68. The van der Waals surface area contributed by atoms with Gasteiger partial charge in [0, 0.05) is 37.8 Å². The minimum absolute atomic E-state index is 0.0193. The smallest absolute Gasteiger partial charge is 0.406 e. The van der Waals surface area contributed by atoms with E-state index < -0.39 is 18.6 Å². The highest BCUT2D eigenvalue weighted by molar-refractivity contribution is 6.00. The van der Waals surface area contributed by atoms with E-state index in [-0.39, 0.29) is 24.3 Å². The first-order valence-electron chi connectivity index (χ1n) is 11.7. The van der Waals surface area contributed by atoms with Crippen molar-refractivity contribution in [3.63, 3.8) is 0 Å². The summed E-state index contributed by atoms with van der Waals surface area (Å²) in [5, 5.41) is 4.47. The fourth-order valence-electron chi connectivity index (χ4n) is 4.56. The second-order valence-corrected chi connectivity index (χ2v) is 8.71. The molecule has 0 unspecified atom stereocenters. The summed E-state index contributed by atoms with van der Waals surface area (Å²) in [5.74, 6) is 0.135. The number of benzene rings is 1. The molecule has 2 aliphatic heterocycles. The van der Waals surface area contributed by atoms with Crippen LogP contribution in [0.1, 0.15) is 15.9 Å². The van der Waals surface area contributed by atoms with Crippen LogP contribution in [0.25, 0.3) is 16.9 Å². The van der Waals surface area contributed by atoms with Crippen LogP contribution in [0.3, 0.4) is 0 Å². The SMILES string of the molecule is COc1cc(-c2cnc3cc(OCCN4CCOCC4)cnn23)cc2c1C(=O)N(CC(F)(F)F)CC2. The number of hydrogen-bond donors (Lipinski definition) is 0. The first kappa shape index (κ1) is 24.3. The Balaban J connectivity index is 1.36. The lowest BCUT2D eigenvalue weighted by Crippen LogP contribution is -2.43. The molecule has 1 saturated heterocycles. The molecule has 0 saturated carbocycles. The van der Waals surface area contributed by atoms with E-state index in [4.69, 9.17) is 14.2 Å². The molecular weight excluding hydrogens is 479 g/mol. The van der Waals surface area contributed by atoms with Crippen molar-refractivity contribution in [3.8, 4) is 22.8 Å². The second kappa shape index (κ2) is 9.94. The molecule has 0 N–H and O–H groups in total. The van der Waals surface area contributed by atoms with Crippen LogP contribution in [0.15, 0.2) is 30.6 Å². The van der Waals surface area contributed by atoms with Crippen LogP contribution >= 0.6 is 0 Å². The maximum atomic E-state index is 12.9. The Bertz CT molecular complexity index is 1240. The lowest BCUT2D eigenvalue weighted by molar-refractivity contribution is -0.141. The minimum atomic E-state index is -4.46. The van der Waals surface area contributed by atoms with Crippen molar-refractivity contribution in [2.24, 2.45) is 0 Å². The van der Waals surface area contributed by atoms with Gasteiger partial charge in [0.2, 0.25) is 0 Å². The molecule has 2 aromatic heterocycles. The average molecular weight is 505 g/mol. The maximum absolute atomic E-state index is 12.9. The molecule has 0 spiro atoms. The Labute approximate surface area is 205 Å². The number of halogens is 3. The van der Waals surface area contributed by atoms with Crippen molar-refractivity contribution in [2.45, 2.75) is 12.6 Å². The Morgan fingerprint density at radius 1 is 1.11 bits per heavy atom. The van der Waals surface area contributed by atoms with E-state index in [2.05, 4.69) is 15.0 Å². The molecule has 0 atom stereocenters. The molecule has 9 nitrogen and oxygen atoms in total. The van der Waals surface area contributed by atoms with Crippen LogP contribution in [0, 0.1) is 0 Å². The van der Waals surface area contributed by atoms with Crippen LogP contribution < -0.4 is 9.47 Å². The van der Waals surface area contributed by atoms with Gasteiger partial charge in [0.05, 0.1) is 44.0 Å².